The molecule has 0 radical (unpaired) electrons. The summed E-state index contributed by atoms with van der Waals surface area (Å²) >= 11 is 0. The highest BCUT2D eigenvalue weighted by Gasteiger charge is 2.22. The van der Waals surface area contributed by atoms with E-state index in [1.807, 2.05) is 0 Å². The topological polar surface area (TPSA) is 104 Å². The Morgan fingerprint density at radius 3 is 2.89 bits per heavy atom. The molecule has 1 aliphatic rings. The van der Waals surface area contributed by atoms with Gasteiger partial charge in [0.1, 0.15) is 5.75 Å². The first kappa shape index (κ1) is 13.3. The maximum absolute atomic E-state index is 11.9. The van der Waals surface area contributed by atoms with E-state index in [-0.39, 0.29) is 28.9 Å². The van der Waals surface area contributed by atoms with E-state index in [0.29, 0.717) is 6.54 Å². The second-order valence-corrected chi connectivity index (χ2v) is 4.49. The minimum absolute atomic E-state index is 0.136. The summed E-state index contributed by atoms with van der Waals surface area (Å²) in [7, 11) is 0. The lowest BCUT2D eigenvalue weighted by molar-refractivity contribution is -0.384. The van der Waals surface area contributed by atoms with E-state index >= 15 is 0 Å². The van der Waals surface area contributed by atoms with Crippen molar-refractivity contribution >= 4 is 17.3 Å². The highest BCUT2D eigenvalue weighted by molar-refractivity contribution is 5.94. The third-order valence-corrected chi connectivity index (χ3v) is 3.12. The Morgan fingerprint density at radius 1 is 1.53 bits per heavy atom. The molecule has 3 N–H and O–H groups in total. The van der Waals surface area contributed by atoms with Gasteiger partial charge in [0.25, 0.3) is 5.69 Å². The molecule has 7 nitrogen and oxygen atoms in total. The molecule has 19 heavy (non-hydrogen) atoms. The number of nitrogens with one attached hydrogen (secondary N) is 2. The Bertz CT molecular complexity index is 498. The van der Waals surface area contributed by atoms with Crippen LogP contribution in [0.2, 0.25) is 0 Å². The monoisotopic (exact) mass is 265 g/mol. The van der Waals surface area contributed by atoms with Gasteiger partial charge in [0, 0.05) is 12.6 Å². The Labute approximate surface area is 109 Å². The number of rotatable bonds is 3. The number of nitrogens with zero attached hydrogens (tertiary/aromatic N) is 1. The molecule has 102 valence electrons. The van der Waals surface area contributed by atoms with Crippen LogP contribution in [0.3, 0.4) is 0 Å². The normalized spacial score (nSPS) is 18.8. The molecule has 0 bridgehead atoms. The van der Waals surface area contributed by atoms with E-state index in [1.165, 1.54) is 12.1 Å². The Kier molecular flexibility index (Phi) is 3.96. The molecule has 1 fully saturated rings. The lowest BCUT2D eigenvalue weighted by Gasteiger charge is -2.22. The molecule has 2 rings (SSSR count). The summed E-state index contributed by atoms with van der Waals surface area (Å²) in [5.74, 6) is -0.619. The third kappa shape index (κ3) is 3.19. The van der Waals surface area contributed by atoms with Gasteiger partial charge in [0.2, 0.25) is 5.91 Å². The average Bonchev–Trinajstić information content (AvgIpc) is 2.41. The van der Waals surface area contributed by atoms with Crippen LogP contribution in [0.1, 0.15) is 12.8 Å². The summed E-state index contributed by atoms with van der Waals surface area (Å²) < 4.78 is 0. The fraction of sp³-hybridized carbons (Fsp3) is 0.417. The van der Waals surface area contributed by atoms with Crippen molar-refractivity contribution in [2.24, 2.45) is 5.92 Å². The van der Waals surface area contributed by atoms with Crippen LogP contribution < -0.4 is 10.6 Å². The van der Waals surface area contributed by atoms with Crippen molar-refractivity contribution in [3.8, 4) is 5.75 Å². The van der Waals surface area contributed by atoms with Crippen LogP contribution >= 0.6 is 0 Å². The van der Waals surface area contributed by atoms with Crippen molar-refractivity contribution in [1.82, 2.24) is 5.32 Å². The van der Waals surface area contributed by atoms with Crippen LogP contribution in [-0.2, 0) is 4.79 Å². The highest BCUT2D eigenvalue weighted by Crippen LogP contribution is 2.28. The molecule has 0 saturated carbocycles. The summed E-state index contributed by atoms with van der Waals surface area (Å²) in [6.45, 7) is 1.52. The highest BCUT2D eigenvalue weighted by atomic mass is 16.6. The van der Waals surface area contributed by atoms with Crippen molar-refractivity contribution in [3.63, 3.8) is 0 Å². The lowest BCUT2D eigenvalue weighted by Crippen LogP contribution is -2.37. The molecule has 1 amide bonds. The first-order valence-electron chi connectivity index (χ1n) is 6.07. The number of amides is 1. The van der Waals surface area contributed by atoms with Gasteiger partial charge in [-0.1, -0.05) is 0 Å². The summed E-state index contributed by atoms with van der Waals surface area (Å²) in [5.41, 5.74) is -0.0176. The van der Waals surface area contributed by atoms with Crippen LogP contribution in [0, 0.1) is 16.0 Å². The van der Waals surface area contributed by atoms with Gasteiger partial charge in [-0.2, -0.15) is 0 Å². The van der Waals surface area contributed by atoms with Gasteiger partial charge in [0.05, 0.1) is 22.6 Å². The molecule has 7 heteroatoms. The number of piperidine rings is 1. The Hall–Kier alpha value is -2.15. The molecular weight excluding hydrogens is 250 g/mol. The number of phenolic OH excluding ortho intramolecular Hbond substituents is 1. The molecule has 0 aromatic heterocycles. The molecule has 1 aromatic carbocycles. The molecular formula is C12H15N3O4. The number of carbonyl (C=O) groups excluding carboxylic acids is 1. The van der Waals surface area contributed by atoms with Crippen molar-refractivity contribution in [3.05, 3.63) is 28.3 Å². The van der Waals surface area contributed by atoms with Crippen molar-refractivity contribution < 1.29 is 14.8 Å². The second-order valence-electron chi connectivity index (χ2n) is 4.49. The maximum atomic E-state index is 11.9. The zero-order chi connectivity index (χ0) is 13.8. The molecule has 1 heterocycles. The first-order valence-corrected chi connectivity index (χ1v) is 6.07. The Balaban J connectivity index is 2.06. The van der Waals surface area contributed by atoms with Gasteiger partial charge in [-0.25, -0.2) is 0 Å². The number of benzene rings is 1. The molecule has 1 atom stereocenters. The van der Waals surface area contributed by atoms with E-state index in [2.05, 4.69) is 10.6 Å². The number of hydrogen-bond acceptors (Lipinski definition) is 5. The van der Waals surface area contributed by atoms with E-state index in [1.54, 1.807) is 0 Å². The average molecular weight is 265 g/mol. The van der Waals surface area contributed by atoms with Gasteiger partial charge in [-0.3, -0.25) is 14.9 Å². The number of nitro benzene ring substituents is 1. The molecule has 1 saturated heterocycles. The number of phenols is 1. The maximum Gasteiger partial charge on any atom is 0.273 e. The predicted molar refractivity (Wildman–Crippen MR) is 69.0 cm³/mol. The fourth-order valence-electron chi connectivity index (χ4n) is 2.05. The third-order valence-electron chi connectivity index (χ3n) is 3.12. The number of nitro groups is 1. The summed E-state index contributed by atoms with van der Waals surface area (Å²) in [4.78, 5) is 21.9. The summed E-state index contributed by atoms with van der Waals surface area (Å²) in [6.07, 6.45) is 1.73. The van der Waals surface area contributed by atoms with Crippen LogP contribution in [0.4, 0.5) is 11.4 Å². The van der Waals surface area contributed by atoms with Crippen LogP contribution in [-0.4, -0.2) is 29.0 Å². The van der Waals surface area contributed by atoms with Gasteiger partial charge >= 0.3 is 0 Å². The number of anilines is 1. The number of hydrogen-bond donors (Lipinski definition) is 3. The Morgan fingerprint density at radius 2 is 2.32 bits per heavy atom. The molecule has 1 aliphatic heterocycles. The van der Waals surface area contributed by atoms with Crippen LogP contribution in [0.5, 0.6) is 5.75 Å². The van der Waals surface area contributed by atoms with Crippen molar-refractivity contribution in [2.75, 3.05) is 18.4 Å². The van der Waals surface area contributed by atoms with Gasteiger partial charge < -0.3 is 15.7 Å². The molecule has 0 aliphatic carbocycles. The number of carbonyl (C=O) groups is 1. The lowest BCUT2D eigenvalue weighted by atomic mass is 9.99. The minimum atomic E-state index is -0.601. The number of non-ortho nitro benzene ring substituents is 1. The summed E-state index contributed by atoms with van der Waals surface area (Å²) in [5, 5.41) is 25.9. The second kappa shape index (κ2) is 5.66. The number of aromatic hydroxyl groups is 1. The quantitative estimate of drug-likeness (QED) is 0.433. The van der Waals surface area contributed by atoms with Gasteiger partial charge in [-0.15, -0.1) is 0 Å². The van der Waals surface area contributed by atoms with Crippen LogP contribution in [0.25, 0.3) is 0 Å². The fourth-order valence-corrected chi connectivity index (χ4v) is 2.05. The van der Waals surface area contributed by atoms with Gasteiger partial charge in [0.15, 0.2) is 0 Å². The zero-order valence-corrected chi connectivity index (χ0v) is 10.3. The van der Waals surface area contributed by atoms with E-state index in [0.717, 1.165) is 25.5 Å². The van der Waals surface area contributed by atoms with Crippen LogP contribution in [0.15, 0.2) is 18.2 Å². The zero-order valence-electron chi connectivity index (χ0n) is 10.3. The molecule has 0 unspecified atom stereocenters. The summed E-state index contributed by atoms with van der Waals surface area (Å²) in [6, 6.07) is 3.60. The first-order chi connectivity index (χ1) is 9.08. The van der Waals surface area contributed by atoms with Gasteiger partial charge in [-0.05, 0) is 25.5 Å². The largest absolute Gasteiger partial charge is 0.506 e. The van der Waals surface area contributed by atoms with E-state index < -0.39 is 4.92 Å². The molecule has 0 spiro atoms. The standard InChI is InChI=1S/C12H15N3O4/c16-11-6-9(15(18)19)3-4-10(11)14-12(17)8-2-1-5-13-7-8/h3-4,6,8,13,16H,1-2,5,7H2,(H,14,17)/t8-/m0/s1. The predicted octanol–water partition coefficient (Wildman–Crippen LogP) is 1.24. The van der Waals surface area contributed by atoms with Crippen molar-refractivity contribution in [2.45, 2.75) is 12.8 Å². The minimum Gasteiger partial charge on any atom is -0.506 e. The van der Waals surface area contributed by atoms with E-state index in [4.69, 9.17) is 0 Å². The SMILES string of the molecule is O=C(Nc1ccc([N+](=O)[O-])cc1O)[C@H]1CCCNC1. The van der Waals surface area contributed by atoms with Crippen molar-refractivity contribution in [1.29, 1.82) is 0 Å². The van der Waals surface area contributed by atoms with E-state index in [9.17, 15) is 20.0 Å². The molecule has 1 aromatic rings. The smallest absolute Gasteiger partial charge is 0.273 e.